The van der Waals surface area contributed by atoms with Gasteiger partial charge in [0.25, 0.3) is 0 Å². The fourth-order valence-corrected chi connectivity index (χ4v) is 2.47. The van der Waals surface area contributed by atoms with Gasteiger partial charge in [-0.1, -0.05) is 12.1 Å². The second-order valence-corrected chi connectivity index (χ2v) is 4.78. The molecule has 0 bridgehead atoms. The maximum Gasteiger partial charge on any atom is 0.115 e. The minimum Gasteiger partial charge on any atom is -0.508 e. The van der Waals surface area contributed by atoms with Gasteiger partial charge in [-0.2, -0.15) is 0 Å². The number of hydrogen-bond donors (Lipinski definition) is 2. The van der Waals surface area contributed by atoms with Gasteiger partial charge in [-0.05, 0) is 48.2 Å². The molecule has 3 heteroatoms. The highest BCUT2D eigenvalue weighted by Crippen LogP contribution is 2.29. The molecule has 0 aliphatic carbocycles. The van der Waals surface area contributed by atoms with Crippen molar-refractivity contribution >= 4 is 0 Å². The maximum absolute atomic E-state index is 9.55. The van der Waals surface area contributed by atoms with E-state index in [2.05, 4.69) is 22.4 Å². The predicted molar refractivity (Wildman–Crippen MR) is 70.6 cm³/mol. The van der Waals surface area contributed by atoms with Crippen molar-refractivity contribution in [2.24, 2.45) is 0 Å². The van der Waals surface area contributed by atoms with Crippen LogP contribution in [0.5, 0.6) is 5.75 Å². The van der Waals surface area contributed by atoms with Crippen LogP contribution < -0.4 is 5.32 Å². The fourth-order valence-electron chi connectivity index (χ4n) is 2.47. The molecule has 1 atom stereocenters. The zero-order chi connectivity index (χ0) is 12.5. The average Bonchev–Trinajstić information content (AvgIpc) is 2.38. The van der Waals surface area contributed by atoms with E-state index >= 15 is 0 Å². The normalized spacial score (nSPS) is 18.4. The lowest BCUT2D eigenvalue weighted by molar-refractivity contribution is 0.471. The molecule has 0 spiro atoms. The monoisotopic (exact) mass is 240 g/mol. The van der Waals surface area contributed by atoms with Crippen LogP contribution in [-0.2, 0) is 6.42 Å². The topological polar surface area (TPSA) is 45.1 Å². The summed E-state index contributed by atoms with van der Waals surface area (Å²) in [5.41, 5.74) is 4.63. The van der Waals surface area contributed by atoms with Gasteiger partial charge in [0.1, 0.15) is 5.75 Å². The molecule has 1 unspecified atom stereocenters. The first-order valence-corrected chi connectivity index (χ1v) is 6.22. The number of phenols is 1. The van der Waals surface area contributed by atoms with E-state index in [1.54, 1.807) is 6.07 Å². The van der Waals surface area contributed by atoms with E-state index in [4.69, 9.17) is 0 Å². The molecule has 2 heterocycles. The van der Waals surface area contributed by atoms with Crippen molar-refractivity contribution in [2.45, 2.75) is 19.4 Å². The number of aryl methyl sites for hydroxylation is 1. The van der Waals surface area contributed by atoms with E-state index in [1.807, 2.05) is 25.3 Å². The third kappa shape index (κ3) is 1.97. The van der Waals surface area contributed by atoms with Crippen molar-refractivity contribution in [2.75, 3.05) is 6.54 Å². The molecular formula is C15H16N2O. The number of rotatable bonds is 1. The van der Waals surface area contributed by atoms with E-state index in [-0.39, 0.29) is 6.04 Å². The Kier molecular flexibility index (Phi) is 2.76. The predicted octanol–water partition coefficient (Wildman–Crippen LogP) is 2.33. The highest BCUT2D eigenvalue weighted by Gasteiger charge is 2.22. The van der Waals surface area contributed by atoms with Crippen molar-refractivity contribution in [3.63, 3.8) is 0 Å². The Morgan fingerprint density at radius 2 is 2.17 bits per heavy atom. The van der Waals surface area contributed by atoms with Gasteiger partial charge in [-0.25, -0.2) is 0 Å². The number of phenolic OH excluding ortho intramolecular Hbond substituents is 1. The van der Waals surface area contributed by atoms with Crippen molar-refractivity contribution < 1.29 is 5.11 Å². The first-order chi connectivity index (χ1) is 8.74. The van der Waals surface area contributed by atoms with Gasteiger partial charge in [-0.15, -0.1) is 0 Å². The molecule has 0 fully saturated rings. The number of nitrogens with zero attached hydrogens (tertiary/aromatic N) is 1. The van der Waals surface area contributed by atoms with Gasteiger partial charge in [-0.3, -0.25) is 4.98 Å². The second kappa shape index (κ2) is 4.42. The van der Waals surface area contributed by atoms with Crippen LogP contribution in [-0.4, -0.2) is 16.6 Å². The summed E-state index contributed by atoms with van der Waals surface area (Å²) in [4.78, 5) is 4.50. The second-order valence-electron chi connectivity index (χ2n) is 4.78. The summed E-state index contributed by atoms with van der Waals surface area (Å²) in [6.07, 6.45) is 2.85. The highest BCUT2D eigenvalue weighted by atomic mass is 16.3. The lowest BCUT2D eigenvalue weighted by Gasteiger charge is -2.26. The van der Waals surface area contributed by atoms with Gasteiger partial charge in [0.15, 0.2) is 0 Å². The minimum absolute atomic E-state index is 0.134. The van der Waals surface area contributed by atoms with E-state index in [1.165, 1.54) is 16.7 Å². The van der Waals surface area contributed by atoms with Crippen LogP contribution in [0.4, 0.5) is 0 Å². The Balaban J connectivity index is 2.03. The third-order valence-corrected chi connectivity index (χ3v) is 3.41. The summed E-state index contributed by atoms with van der Waals surface area (Å²) in [6.45, 7) is 2.95. The standard InChI is InChI=1S/C15H16N2O/c1-10-2-5-14(17-9-10)15-13-4-3-12(18)8-11(13)6-7-16-15/h2-5,8-9,15-16,18H,6-7H2,1H3. The van der Waals surface area contributed by atoms with Crippen LogP contribution in [0.2, 0.25) is 0 Å². The zero-order valence-electron chi connectivity index (χ0n) is 10.4. The Morgan fingerprint density at radius 1 is 1.28 bits per heavy atom. The molecule has 1 aliphatic heterocycles. The van der Waals surface area contributed by atoms with E-state index in [0.29, 0.717) is 5.75 Å². The molecule has 0 amide bonds. The average molecular weight is 240 g/mol. The SMILES string of the molecule is Cc1ccc(C2NCCc3cc(O)ccc32)nc1. The van der Waals surface area contributed by atoms with Crippen LogP contribution in [0.3, 0.4) is 0 Å². The summed E-state index contributed by atoms with van der Waals surface area (Å²) < 4.78 is 0. The zero-order valence-corrected chi connectivity index (χ0v) is 10.4. The Morgan fingerprint density at radius 3 is 2.94 bits per heavy atom. The van der Waals surface area contributed by atoms with Gasteiger partial charge in [0, 0.05) is 12.7 Å². The molecular weight excluding hydrogens is 224 g/mol. The molecule has 0 radical (unpaired) electrons. The lowest BCUT2D eigenvalue weighted by atomic mass is 9.92. The third-order valence-electron chi connectivity index (χ3n) is 3.41. The van der Waals surface area contributed by atoms with Crippen molar-refractivity contribution in [1.82, 2.24) is 10.3 Å². The number of benzene rings is 1. The number of aromatic hydroxyl groups is 1. The lowest BCUT2D eigenvalue weighted by Crippen LogP contribution is -2.31. The molecule has 0 saturated heterocycles. The number of fused-ring (bicyclic) bond motifs is 1. The first kappa shape index (κ1) is 11.2. The molecule has 1 aromatic heterocycles. The summed E-state index contributed by atoms with van der Waals surface area (Å²) in [5, 5.41) is 13.0. The fraction of sp³-hybridized carbons (Fsp3) is 0.267. The summed E-state index contributed by atoms with van der Waals surface area (Å²) in [7, 11) is 0. The number of nitrogens with one attached hydrogen (secondary N) is 1. The quantitative estimate of drug-likeness (QED) is 0.804. The van der Waals surface area contributed by atoms with Gasteiger partial charge >= 0.3 is 0 Å². The summed E-state index contributed by atoms with van der Waals surface area (Å²) in [5.74, 6) is 0.339. The number of pyridine rings is 1. The number of aromatic nitrogens is 1. The Hall–Kier alpha value is -1.87. The Labute approximate surface area is 107 Å². The minimum atomic E-state index is 0.134. The number of hydrogen-bond acceptors (Lipinski definition) is 3. The van der Waals surface area contributed by atoms with Gasteiger partial charge in [0.2, 0.25) is 0 Å². The summed E-state index contributed by atoms with van der Waals surface area (Å²) in [6, 6.07) is 9.87. The highest BCUT2D eigenvalue weighted by molar-refractivity contribution is 5.41. The molecule has 2 N–H and O–H groups in total. The first-order valence-electron chi connectivity index (χ1n) is 6.22. The molecule has 92 valence electrons. The van der Waals surface area contributed by atoms with Crippen LogP contribution >= 0.6 is 0 Å². The van der Waals surface area contributed by atoms with E-state index in [0.717, 1.165) is 18.7 Å². The van der Waals surface area contributed by atoms with Crippen molar-refractivity contribution in [3.05, 3.63) is 58.9 Å². The van der Waals surface area contributed by atoms with Crippen LogP contribution in [0.15, 0.2) is 36.5 Å². The molecule has 18 heavy (non-hydrogen) atoms. The van der Waals surface area contributed by atoms with Crippen molar-refractivity contribution in [1.29, 1.82) is 0 Å². The molecule has 1 aromatic carbocycles. The van der Waals surface area contributed by atoms with Gasteiger partial charge in [0.05, 0.1) is 11.7 Å². The van der Waals surface area contributed by atoms with E-state index < -0.39 is 0 Å². The van der Waals surface area contributed by atoms with Crippen LogP contribution in [0.25, 0.3) is 0 Å². The maximum atomic E-state index is 9.55. The van der Waals surface area contributed by atoms with E-state index in [9.17, 15) is 5.11 Å². The Bertz CT molecular complexity index is 563. The molecule has 1 aliphatic rings. The van der Waals surface area contributed by atoms with Crippen molar-refractivity contribution in [3.8, 4) is 5.75 Å². The molecule has 0 saturated carbocycles. The molecule has 2 aromatic rings. The smallest absolute Gasteiger partial charge is 0.115 e. The van der Waals surface area contributed by atoms with Crippen LogP contribution in [0, 0.1) is 6.92 Å². The van der Waals surface area contributed by atoms with Crippen LogP contribution in [0.1, 0.15) is 28.4 Å². The molecule has 3 rings (SSSR count). The van der Waals surface area contributed by atoms with Gasteiger partial charge < -0.3 is 10.4 Å². The molecule has 3 nitrogen and oxygen atoms in total. The summed E-state index contributed by atoms with van der Waals surface area (Å²) >= 11 is 0. The largest absolute Gasteiger partial charge is 0.508 e.